The summed E-state index contributed by atoms with van der Waals surface area (Å²) in [5.74, 6) is -2.89. The molecule has 292 valence electrons. The Labute approximate surface area is 313 Å². The molecule has 4 amide bonds. The summed E-state index contributed by atoms with van der Waals surface area (Å²) in [5.41, 5.74) is -0.337. The summed E-state index contributed by atoms with van der Waals surface area (Å²) < 4.78 is 5.39. The van der Waals surface area contributed by atoms with Crippen LogP contribution in [0.15, 0.2) is 60.7 Å². The van der Waals surface area contributed by atoms with Crippen LogP contribution in [0, 0.1) is 11.8 Å². The van der Waals surface area contributed by atoms with Crippen molar-refractivity contribution < 1.29 is 38.9 Å². The number of nitrogens with one attached hydrogen (secondary N) is 4. The van der Waals surface area contributed by atoms with Gasteiger partial charge in [-0.05, 0) is 55.6 Å². The highest BCUT2D eigenvalue weighted by Gasteiger charge is 2.38. The molecule has 0 saturated carbocycles. The van der Waals surface area contributed by atoms with Crippen molar-refractivity contribution in [2.75, 3.05) is 39.5 Å². The Morgan fingerprint density at radius 1 is 0.717 bits per heavy atom. The van der Waals surface area contributed by atoms with Crippen LogP contribution in [0.5, 0.6) is 0 Å². The number of ketones is 1. The largest absolute Gasteiger partial charge is 0.393 e. The van der Waals surface area contributed by atoms with Crippen molar-refractivity contribution in [1.29, 1.82) is 0 Å². The number of rotatable bonds is 21. The summed E-state index contributed by atoms with van der Waals surface area (Å²) in [6.45, 7) is 10.3. The molecule has 0 bridgehead atoms. The number of ether oxygens (including phenoxy) is 1. The van der Waals surface area contributed by atoms with Gasteiger partial charge < -0.3 is 36.2 Å². The molecule has 1 aliphatic rings. The fourth-order valence-electron chi connectivity index (χ4n) is 6.16. The lowest BCUT2D eigenvalue weighted by Crippen LogP contribution is -2.60. The zero-order chi connectivity index (χ0) is 39.0. The molecule has 2 aromatic rings. The van der Waals surface area contributed by atoms with Crippen molar-refractivity contribution >= 4 is 29.4 Å². The normalized spacial score (nSPS) is 16.8. The number of aliphatic hydroxyl groups excluding tert-OH is 1. The van der Waals surface area contributed by atoms with E-state index in [1.807, 2.05) is 81.1 Å². The summed E-state index contributed by atoms with van der Waals surface area (Å²) in [6, 6.07) is 14.4. The van der Waals surface area contributed by atoms with E-state index in [-0.39, 0.29) is 43.6 Å². The molecule has 1 saturated heterocycles. The second kappa shape index (κ2) is 21.5. The molecule has 0 aliphatic carbocycles. The van der Waals surface area contributed by atoms with Gasteiger partial charge in [-0.2, -0.15) is 0 Å². The average Bonchev–Trinajstić information content (AvgIpc) is 3.12. The van der Waals surface area contributed by atoms with Crippen LogP contribution >= 0.6 is 0 Å². The number of nitrogens with zero attached hydrogens (tertiary/aromatic N) is 1. The Morgan fingerprint density at radius 2 is 1.21 bits per heavy atom. The van der Waals surface area contributed by atoms with Crippen molar-refractivity contribution in [3.05, 3.63) is 71.8 Å². The number of aryl methyl sites for hydroxylation is 1. The second-order valence-electron chi connectivity index (χ2n) is 15.0. The summed E-state index contributed by atoms with van der Waals surface area (Å²) in [4.78, 5) is 70.2. The first kappa shape index (κ1) is 43.2. The van der Waals surface area contributed by atoms with Gasteiger partial charge in [-0.1, -0.05) is 88.4 Å². The third-order valence-electron chi connectivity index (χ3n) is 9.12. The molecule has 0 aromatic heterocycles. The first-order valence-electron chi connectivity index (χ1n) is 18.6. The van der Waals surface area contributed by atoms with Gasteiger partial charge in [0.1, 0.15) is 23.7 Å². The van der Waals surface area contributed by atoms with Crippen molar-refractivity contribution in [1.82, 2.24) is 26.2 Å². The van der Waals surface area contributed by atoms with Gasteiger partial charge in [-0.25, -0.2) is 0 Å². The molecule has 53 heavy (non-hydrogen) atoms. The highest BCUT2D eigenvalue weighted by molar-refractivity contribution is 5.97. The lowest BCUT2D eigenvalue weighted by Gasteiger charge is -2.30. The van der Waals surface area contributed by atoms with Crippen LogP contribution in [0.4, 0.5) is 0 Å². The highest BCUT2D eigenvalue weighted by atomic mass is 16.5. The van der Waals surface area contributed by atoms with Gasteiger partial charge in [0, 0.05) is 19.5 Å². The maximum absolute atomic E-state index is 14.1. The molecule has 13 nitrogen and oxygen atoms in total. The number of hydrogen-bond acceptors (Lipinski definition) is 9. The minimum atomic E-state index is -2.08. The number of aliphatic hydroxyl groups is 2. The smallest absolute Gasteiger partial charge is 0.243 e. The molecule has 1 heterocycles. The fraction of sp³-hybridized carbons (Fsp3) is 0.575. The number of carbonyl (C=O) groups is 5. The van der Waals surface area contributed by atoms with Gasteiger partial charge in [0.25, 0.3) is 0 Å². The average molecular weight is 738 g/mol. The first-order valence-corrected chi connectivity index (χ1v) is 18.6. The Hall–Kier alpha value is -4.17. The molecule has 1 fully saturated rings. The quantitative estimate of drug-likeness (QED) is 0.111. The summed E-state index contributed by atoms with van der Waals surface area (Å²) in [7, 11) is 0. The Balaban J connectivity index is 1.84. The van der Waals surface area contributed by atoms with Crippen LogP contribution in [0.3, 0.4) is 0 Å². The summed E-state index contributed by atoms with van der Waals surface area (Å²) >= 11 is 0. The highest BCUT2D eigenvalue weighted by Crippen LogP contribution is 2.16. The van der Waals surface area contributed by atoms with Crippen molar-refractivity contribution in [2.45, 2.75) is 96.5 Å². The SMILES string of the molecule is CC(C)C[C@H](NC(=O)[C@H](CCc1ccccc1)NC(=O)CN1CCOCC1)C(=O)N[C@H](Cc1ccccc1)C(=O)N[C@H](CC(C)C)C(=O)[C@](C)(O)CO. The predicted molar refractivity (Wildman–Crippen MR) is 202 cm³/mol. The monoisotopic (exact) mass is 737 g/mol. The van der Waals surface area contributed by atoms with Crippen molar-refractivity contribution in [3.8, 4) is 0 Å². The Morgan fingerprint density at radius 3 is 1.77 bits per heavy atom. The van der Waals surface area contributed by atoms with E-state index in [2.05, 4.69) is 21.3 Å². The fourth-order valence-corrected chi connectivity index (χ4v) is 6.16. The minimum Gasteiger partial charge on any atom is -0.393 e. The number of benzene rings is 2. The number of carbonyl (C=O) groups excluding carboxylic acids is 5. The molecule has 0 unspecified atom stereocenters. The van der Waals surface area contributed by atoms with Gasteiger partial charge in [0.05, 0.1) is 32.4 Å². The lowest BCUT2D eigenvalue weighted by molar-refractivity contribution is -0.144. The molecular weight excluding hydrogens is 678 g/mol. The van der Waals surface area contributed by atoms with Gasteiger partial charge in [0.15, 0.2) is 5.78 Å². The maximum Gasteiger partial charge on any atom is 0.243 e. The standard InChI is InChI=1S/C40H59N5O8/c1-27(2)22-32(36(48)40(5,52)26-46)42-39(51)34(24-30-14-10-7-11-15-30)44-38(50)33(23-28(3)4)43-37(49)31(17-16-29-12-8-6-9-13-29)41-35(47)25-45-18-20-53-21-19-45/h6-15,27-28,31-34,46,52H,16-26H2,1-5H3,(H,41,47)(H,42,51)(H,43,49)(H,44,50)/t31-,32+,33-,34+,40+/m0/s1. The molecule has 0 radical (unpaired) electrons. The van der Waals surface area contributed by atoms with E-state index in [1.54, 1.807) is 12.1 Å². The summed E-state index contributed by atoms with van der Waals surface area (Å²) in [6.07, 6.45) is 1.33. The zero-order valence-electron chi connectivity index (χ0n) is 31.8. The molecule has 3 rings (SSSR count). The van der Waals surface area contributed by atoms with Crippen LogP contribution in [0.25, 0.3) is 0 Å². The molecule has 13 heteroatoms. The van der Waals surface area contributed by atoms with E-state index in [9.17, 15) is 34.2 Å². The predicted octanol–water partition coefficient (Wildman–Crippen LogP) is 1.54. The number of morpholine rings is 1. The van der Waals surface area contributed by atoms with Crippen LogP contribution in [-0.2, 0) is 41.6 Å². The van der Waals surface area contributed by atoms with E-state index < -0.39 is 59.9 Å². The number of hydrogen-bond donors (Lipinski definition) is 6. The second-order valence-corrected chi connectivity index (χ2v) is 15.0. The van der Waals surface area contributed by atoms with Gasteiger partial charge in [-0.3, -0.25) is 28.9 Å². The van der Waals surface area contributed by atoms with Gasteiger partial charge in [-0.15, -0.1) is 0 Å². The molecule has 1 aliphatic heterocycles. The molecule has 0 spiro atoms. The minimum absolute atomic E-state index is 0.0279. The van der Waals surface area contributed by atoms with E-state index >= 15 is 0 Å². The van der Waals surface area contributed by atoms with E-state index in [0.717, 1.165) is 11.1 Å². The third kappa shape index (κ3) is 15.0. The van der Waals surface area contributed by atoms with Crippen molar-refractivity contribution in [2.24, 2.45) is 11.8 Å². The zero-order valence-corrected chi connectivity index (χ0v) is 31.8. The van der Waals surface area contributed by atoms with E-state index in [4.69, 9.17) is 4.74 Å². The topological polar surface area (TPSA) is 186 Å². The molecule has 6 N–H and O–H groups in total. The van der Waals surface area contributed by atoms with Crippen LogP contribution in [-0.4, -0.2) is 114 Å². The molecule has 5 atom stereocenters. The lowest BCUT2D eigenvalue weighted by atomic mass is 9.90. The maximum atomic E-state index is 14.1. The Kier molecular flexibility index (Phi) is 17.5. The number of amides is 4. The third-order valence-corrected chi connectivity index (χ3v) is 9.12. The van der Waals surface area contributed by atoms with Crippen LogP contribution in [0.2, 0.25) is 0 Å². The van der Waals surface area contributed by atoms with Gasteiger partial charge >= 0.3 is 0 Å². The van der Waals surface area contributed by atoms with Crippen LogP contribution < -0.4 is 21.3 Å². The van der Waals surface area contributed by atoms with Crippen molar-refractivity contribution in [3.63, 3.8) is 0 Å². The summed E-state index contributed by atoms with van der Waals surface area (Å²) in [5, 5.41) is 31.5. The first-order chi connectivity index (χ1) is 25.2. The molecule has 2 aromatic carbocycles. The number of Topliss-reactive ketones (excluding diaryl/α,β-unsaturated/α-hetero) is 1. The van der Waals surface area contributed by atoms with E-state index in [0.29, 0.717) is 39.1 Å². The molecular formula is C40H59N5O8. The van der Waals surface area contributed by atoms with Gasteiger partial charge in [0.2, 0.25) is 23.6 Å². The Bertz CT molecular complexity index is 1460. The van der Waals surface area contributed by atoms with E-state index in [1.165, 1.54) is 6.92 Å². The van der Waals surface area contributed by atoms with Crippen LogP contribution in [0.1, 0.15) is 65.0 Å².